The quantitative estimate of drug-likeness (QED) is 0.541. The summed E-state index contributed by atoms with van der Waals surface area (Å²) in [5.41, 5.74) is 1.32. The minimum Gasteiger partial charge on any atom is -0.469 e. The molecule has 5 heteroatoms. The van der Waals surface area contributed by atoms with Crippen LogP contribution in [-0.4, -0.2) is 30.9 Å². The lowest BCUT2D eigenvalue weighted by molar-refractivity contribution is -0.181. The molecule has 0 spiro atoms. The van der Waals surface area contributed by atoms with E-state index in [-0.39, 0.29) is 34.7 Å². The molecule has 0 aromatic rings. The predicted molar refractivity (Wildman–Crippen MR) is 122 cm³/mol. The summed E-state index contributed by atoms with van der Waals surface area (Å²) in [5, 5.41) is 0. The maximum atomic E-state index is 12.2. The third-order valence-corrected chi connectivity index (χ3v) is 10.1. The van der Waals surface area contributed by atoms with Crippen molar-refractivity contribution in [2.75, 3.05) is 7.11 Å². The first kappa shape index (κ1) is 23.5. The molecule has 8 atom stereocenters. The van der Waals surface area contributed by atoms with Gasteiger partial charge in [0, 0.05) is 25.2 Å². The SMILES string of the molecule is COC(=O)CC[C@@H](C)[C@H]1CC[C@H]2[C@@H]3CCC4=CC(=O)CC[C@]4(C)[C@H]3C[C@@H](OC(C)=O)[C@]12C. The molecule has 178 valence electrons. The number of hydrogen-bond donors (Lipinski definition) is 0. The zero-order valence-corrected chi connectivity index (χ0v) is 20.4. The van der Waals surface area contributed by atoms with E-state index < -0.39 is 0 Å². The largest absolute Gasteiger partial charge is 0.469 e. The molecular formula is C27H40O5. The van der Waals surface area contributed by atoms with Crippen molar-refractivity contribution in [3.8, 4) is 0 Å². The van der Waals surface area contributed by atoms with Crippen LogP contribution < -0.4 is 0 Å². The van der Waals surface area contributed by atoms with E-state index in [1.807, 2.05) is 6.08 Å². The number of hydrogen-bond acceptors (Lipinski definition) is 5. The molecule has 4 aliphatic rings. The molecule has 0 bridgehead atoms. The lowest BCUT2D eigenvalue weighted by Crippen LogP contribution is -2.57. The van der Waals surface area contributed by atoms with E-state index in [9.17, 15) is 14.4 Å². The summed E-state index contributed by atoms with van der Waals surface area (Å²) in [4.78, 5) is 36.1. The van der Waals surface area contributed by atoms with E-state index in [1.54, 1.807) is 0 Å². The van der Waals surface area contributed by atoms with Gasteiger partial charge in [0.15, 0.2) is 5.78 Å². The van der Waals surface area contributed by atoms with Crippen LogP contribution in [0.5, 0.6) is 0 Å². The van der Waals surface area contributed by atoms with Crippen molar-refractivity contribution >= 4 is 17.7 Å². The van der Waals surface area contributed by atoms with Crippen LogP contribution in [0.4, 0.5) is 0 Å². The average molecular weight is 445 g/mol. The fraction of sp³-hybridized carbons (Fsp3) is 0.815. The minimum atomic E-state index is -0.197. The van der Waals surface area contributed by atoms with Gasteiger partial charge >= 0.3 is 11.9 Å². The molecule has 0 aromatic carbocycles. The predicted octanol–water partition coefficient (Wildman–Crippen LogP) is 5.27. The fourth-order valence-electron chi connectivity index (χ4n) is 8.48. The Kier molecular flexibility index (Phi) is 6.32. The lowest BCUT2D eigenvalue weighted by atomic mass is 9.45. The fourth-order valence-corrected chi connectivity index (χ4v) is 8.48. The number of carbonyl (C=O) groups excluding carboxylic acids is 3. The Balaban J connectivity index is 1.65. The normalized spacial score (nSPS) is 41.6. The summed E-state index contributed by atoms with van der Waals surface area (Å²) in [6.45, 7) is 8.52. The summed E-state index contributed by atoms with van der Waals surface area (Å²) >= 11 is 0. The van der Waals surface area contributed by atoms with Gasteiger partial charge in [-0.2, -0.15) is 0 Å². The number of carbonyl (C=O) groups is 3. The molecule has 5 nitrogen and oxygen atoms in total. The summed E-state index contributed by atoms with van der Waals surface area (Å²) < 4.78 is 11.0. The third kappa shape index (κ3) is 3.74. The number of fused-ring (bicyclic) bond motifs is 5. The number of esters is 2. The van der Waals surface area contributed by atoms with Gasteiger partial charge in [-0.3, -0.25) is 14.4 Å². The highest BCUT2D eigenvalue weighted by Crippen LogP contribution is 2.68. The highest BCUT2D eigenvalue weighted by atomic mass is 16.5. The highest BCUT2D eigenvalue weighted by molar-refractivity contribution is 5.91. The van der Waals surface area contributed by atoms with E-state index in [0.717, 1.165) is 44.9 Å². The molecule has 32 heavy (non-hydrogen) atoms. The van der Waals surface area contributed by atoms with E-state index in [1.165, 1.54) is 19.6 Å². The standard InChI is InChI=1S/C27H40O5/c1-16(6-11-25(30)31-5)21-9-10-22-20-8-7-18-14-19(29)12-13-26(18,3)23(20)15-24(27(21,22)4)32-17(2)28/h14,16,20-24H,6-13,15H2,1-5H3/t16-,20+,21-,22+,23+,24-,26+,27-/m1/s1. The Morgan fingerprint density at radius 1 is 1.16 bits per heavy atom. The molecule has 0 aliphatic heterocycles. The lowest BCUT2D eigenvalue weighted by Gasteiger charge is -2.60. The first-order valence-electron chi connectivity index (χ1n) is 12.6. The number of methoxy groups -OCH3 is 1. The highest BCUT2D eigenvalue weighted by Gasteiger charge is 2.64. The Morgan fingerprint density at radius 3 is 2.59 bits per heavy atom. The monoisotopic (exact) mass is 444 g/mol. The van der Waals surface area contributed by atoms with Crippen LogP contribution >= 0.6 is 0 Å². The van der Waals surface area contributed by atoms with Gasteiger partial charge in [-0.15, -0.1) is 0 Å². The molecule has 0 saturated heterocycles. The van der Waals surface area contributed by atoms with Crippen molar-refractivity contribution in [2.24, 2.45) is 40.4 Å². The molecule has 3 saturated carbocycles. The van der Waals surface area contributed by atoms with Gasteiger partial charge in [-0.1, -0.05) is 26.3 Å². The van der Waals surface area contributed by atoms with Gasteiger partial charge in [0.2, 0.25) is 0 Å². The molecule has 0 radical (unpaired) electrons. The maximum Gasteiger partial charge on any atom is 0.305 e. The van der Waals surface area contributed by atoms with E-state index in [0.29, 0.717) is 42.4 Å². The smallest absolute Gasteiger partial charge is 0.305 e. The Labute approximate surface area is 192 Å². The number of ether oxygens (including phenoxy) is 2. The molecule has 4 rings (SSSR count). The van der Waals surface area contributed by atoms with Crippen molar-refractivity contribution in [3.63, 3.8) is 0 Å². The Hall–Kier alpha value is -1.65. The molecule has 0 amide bonds. The van der Waals surface area contributed by atoms with Crippen LogP contribution in [0.25, 0.3) is 0 Å². The van der Waals surface area contributed by atoms with Gasteiger partial charge in [-0.25, -0.2) is 0 Å². The second kappa shape index (κ2) is 8.61. The summed E-state index contributed by atoms with van der Waals surface area (Å²) in [6.07, 6.45) is 9.98. The number of rotatable bonds is 5. The van der Waals surface area contributed by atoms with Crippen LogP contribution in [0.3, 0.4) is 0 Å². The summed E-state index contributed by atoms with van der Waals surface area (Å²) in [7, 11) is 1.45. The molecule has 0 heterocycles. The third-order valence-electron chi connectivity index (χ3n) is 10.1. The van der Waals surface area contributed by atoms with E-state index in [4.69, 9.17) is 9.47 Å². The first-order valence-corrected chi connectivity index (χ1v) is 12.6. The van der Waals surface area contributed by atoms with E-state index in [2.05, 4.69) is 20.8 Å². The first-order chi connectivity index (χ1) is 15.1. The summed E-state index contributed by atoms with van der Waals surface area (Å²) in [6, 6.07) is 0. The van der Waals surface area contributed by atoms with Gasteiger partial charge in [0.05, 0.1) is 7.11 Å². The van der Waals surface area contributed by atoms with Gasteiger partial charge in [-0.05, 0) is 86.0 Å². The second-order valence-electron chi connectivity index (χ2n) is 11.4. The molecule has 0 aromatic heterocycles. The molecule has 0 unspecified atom stereocenters. The van der Waals surface area contributed by atoms with Crippen LogP contribution in [0, 0.1) is 40.4 Å². The van der Waals surface area contributed by atoms with Crippen molar-refractivity contribution in [2.45, 2.75) is 91.6 Å². The molecule has 3 fully saturated rings. The molecule has 0 N–H and O–H groups in total. The van der Waals surface area contributed by atoms with Crippen LogP contribution in [-0.2, 0) is 23.9 Å². The van der Waals surface area contributed by atoms with Crippen LogP contribution in [0.2, 0.25) is 0 Å². The zero-order chi connectivity index (χ0) is 23.3. The molecular weight excluding hydrogens is 404 g/mol. The summed E-state index contributed by atoms with van der Waals surface area (Å²) in [5.74, 6) is 2.32. The zero-order valence-electron chi connectivity index (χ0n) is 20.4. The van der Waals surface area contributed by atoms with Gasteiger partial charge in [0.25, 0.3) is 0 Å². The second-order valence-corrected chi connectivity index (χ2v) is 11.4. The minimum absolute atomic E-state index is 0.0468. The van der Waals surface area contributed by atoms with Crippen molar-refractivity contribution in [1.82, 2.24) is 0 Å². The Morgan fingerprint density at radius 2 is 1.91 bits per heavy atom. The van der Waals surface area contributed by atoms with Crippen molar-refractivity contribution in [1.29, 1.82) is 0 Å². The van der Waals surface area contributed by atoms with E-state index >= 15 is 0 Å². The van der Waals surface area contributed by atoms with Crippen molar-refractivity contribution < 1.29 is 23.9 Å². The van der Waals surface area contributed by atoms with Crippen LogP contribution in [0.1, 0.15) is 85.5 Å². The number of ketones is 1. The van der Waals surface area contributed by atoms with Gasteiger partial charge in [0.1, 0.15) is 6.10 Å². The van der Waals surface area contributed by atoms with Gasteiger partial charge < -0.3 is 9.47 Å². The molecule has 4 aliphatic carbocycles. The topological polar surface area (TPSA) is 69.7 Å². The van der Waals surface area contributed by atoms with Crippen LogP contribution in [0.15, 0.2) is 11.6 Å². The number of allylic oxidation sites excluding steroid dienone is 1. The Bertz CT molecular complexity index is 815. The average Bonchev–Trinajstić information content (AvgIpc) is 3.11. The maximum absolute atomic E-state index is 12.2. The van der Waals surface area contributed by atoms with Crippen molar-refractivity contribution in [3.05, 3.63) is 11.6 Å².